The van der Waals surface area contributed by atoms with E-state index >= 15 is 0 Å². The molecule has 0 bridgehead atoms. The third kappa shape index (κ3) is 4.36. The Labute approximate surface area is 133 Å². The maximum Gasteiger partial charge on any atom is 0.238 e. The van der Waals surface area contributed by atoms with Gasteiger partial charge in [-0.2, -0.15) is 0 Å². The molecule has 0 aromatic heterocycles. The molecule has 0 atom stereocenters. The van der Waals surface area contributed by atoms with Crippen LogP contribution < -0.4 is 5.32 Å². The monoisotopic (exact) mass is 316 g/mol. The second-order valence-electron chi connectivity index (χ2n) is 5.78. The highest BCUT2D eigenvalue weighted by molar-refractivity contribution is 5.92. The van der Waals surface area contributed by atoms with Gasteiger partial charge in [-0.05, 0) is 43.2 Å². The van der Waals surface area contributed by atoms with Gasteiger partial charge in [0, 0.05) is 23.8 Å². The number of hydrogen-bond donors (Lipinski definition) is 1. The molecule has 0 spiro atoms. The molecule has 2 aromatic carbocycles. The van der Waals surface area contributed by atoms with Crippen LogP contribution in [0.5, 0.6) is 0 Å². The molecule has 0 radical (unpaired) electrons. The molecule has 1 saturated carbocycles. The minimum Gasteiger partial charge on any atom is -0.325 e. The first kappa shape index (κ1) is 15.6. The molecule has 5 heteroatoms. The second-order valence-corrected chi connectivity index (χ2v) is 5.78. The molecule has 0 heterocycles. The molecule has 2 aromatic rings. The maximum absolute atomic E-state index is 13.8. The normalized spacial score (nSPS) is 14.0. The molecule has 3 rings (SSSR count). The van der Waals surface area contributed by atoms with E-state index < -0.39 is 0 Å². The molecular weight excluding hydrogens is 298 g/mol. The first-order valence-corrected chi connectivity index (χ1v) is 7.65. The van der Waals surface area contributed by atoms with E-state index in [0.29, 0.717) is 23.8 Å². The van der Waals surface area contributed by atoms with Gasteiger partial charge in [-0.3, -0.25) is 9.69 Å². The lowest BCUT2D eigenvalue weighted by atomic mass is 10.2. The SMILES string of the molecule is O=C(CN(Cc1ccccc1F)C1CC1)Nc1ccc(F)cc1. The number of carbonyl (C=O) groups excluding carboxylic acids is 1. The van der Waals surface area contributed by atoms with E-state index in [1.807, 2.05) is 4.90 Å². The topological polar surface area (TPSA) is 32.3 Å². The van der Waals surface area contributed by atoms with Gasteiger partial charge in [-0.1, -0.05) is 18.2 Å². The lowest BCUT2D eigenvalue weighted by Crippen LogP contribution is -2.34. The fourth-order valence-corrected chi connectivity index (χ4v) is 2.52. The summed E-state index contributed by atoms with van der Waals surface area (Å²) in [5.41, 5.74) is 1.15. The molecule has 1 N–H and O–H groups in total. The highest BCUT2D eigenvalue weighted by atomic mass is 19.1. The Balaban J connectivity index is 1.62. The van der Waals surface area contributed by atoms with E-state index in [4.69, 9.17) is 0 Å². The number of benzene rings is 2. The minimum atomic E-state index is -0.345. The van der Waals surface area contributed by atoms with Crippen LogP contribution in [0, 0.1) is 11.6 Å². The van der Waals surface area contributed by atoms with Crippen molar-refractivity contribution in [2.24, 2.45) is 0 Å². The Morgan fingerprint density at radius 1 is 1.09 bits per heavy atom. The third-order valence-electron chi connectivity index (χ3n) is 3.87. The third-order valence-corrected chi connectivity index (χ3v) is 3.87. The second kappa shape index (κ2) is 6.87. The number of hydrogen-bond acceptors (Lipinski definition) is 2. The van der Waals surface area contributed by atoms with Crippen LogP contribution in [-0.2, 0) is 11.3 Å². The number of anilines is 1. The van der Waals surface area contributed by atoms with Crippen LogP contribution in [0.1, 0.15) is 18.4 Å². The minimum absolute atomic E-state index is 0.181. The fourth-order valence-electron chi connectivity index (χ4n) is 2.52. The average Bonchev–Trinajstić information content (AvgIpc) is 3.36. The van der Waals surface area contributed by atoms with Crippen LogP contribution in [0.15, 0.2) is 48.5 Å². The smallest absolute Gasteiger partial charge is 0.238 e. The summed E-state index contributed by atoms with van der Waals surface area (Å²) < 4.78 is 26.7. The van der Waals surface area contributed by atoms with Crippen molar-refractivity contribution < 1.29 is 13.6 Å². The molecule has 0 saturated heterocycles. The summed E-state index contributed by atoms with van der Waals surface area (Å²) in [6.07, 6.45) is 2.05. The Bertz CT molecular complexity index is 684. The molecule has 23 heavy (non-hydrogen) atoms. The van der Waals surface area contributed by atoms with Gasteiger partial charge in [0.25, 0.3) is 0 Å². The summed E-state index contributed by atoms with van der Waals surface area (Å²) in [4.78, 5) is 14.2. The first-order chi connectivity index (χ1) is 11.1. The summed E-state index contributed by atoms with van der Waals surface area (Å²) in [7, 11) is 0. The summed E-state index contributed by atoms with van der Waals surface area (Å²) in [5, 5.41) is 2.74. The van der Waals surface area contributed by atoms with E-state index in [-0.39, 0.29) is 24.1 Å². The van der Waals surface area contributed by atoms with Gasteiger partial charge >= 0.3 is 0 Å². The highest BCUT2D eigenvalue weighted by Gasteiger charge is 2.30. The number of amides is 1. The zero-order chi connectivity index (χ0) is 16.2. The van der Waals surface area contributed by atoms with Crippen LogP contribution in [-0.4, -0.2) is 23.4 Å². The van der Waals surface area contributed by atoms with Gasteiger partial charge in [-0.15, -0.1) is 0 Å². The van der Waals surface area contributed by atoms with E-state index in [1.54, 1.807) is 18.2 Å². The molecular formula is C18H18F2N2O. The standard InChI is InChI=1S/C18H18F2N2O/c19-14-5-7-15(8-6-14)21-18(23)12-22(16-9-10-16)11-13-3-1-2-4-17(13)20/h1-8,16H,9-12H2,(H,21,23). The van der Waals surface area contributed by atoms with E-state index in [1.165, 1.54) is 30.3 Å². The highest BCUT2D eigenvalue weighted by Crippen LogP contribution is 2.28. The van der Waals surface area contributed by atoms with Crippen LogP contribution in [0.3, 0.4) is 0 Å². The van der Waals surface area contributed by atoms with Gasteiger partial charge < -0.3 is 5.32 Å². The Kier molecular flexibility index (Phi) is 4.67. The van der Waals surface area contributed by atoms with Crippen LogP contribution in [0.4, 0.5) is 14.5 Å². The Morgan fingerprint density at radius 3 is 2.43 bits per heavy atom. The first-order valence-electron chi connectivity index (χ1n) is 7.65. The number of nitrogens with zero attached hydrogens (tertiary/aromatic N) is 1. The Morgan fingerprint density at radius 2 is 1.78 bits per heavy atom. The molecule has 0 aliphatic heterocycles. The summed E-state index contributed by atoms with van der Waals surface area (Å²) in [5.74, 6) is -0.779. The van der Waals surface area contributed by atoms with Crippen LogP contribution in [0.2, 0.25) is 0 Å². The van der Waals surface area contributed by atoms with Gasteiger partial charge in [0.1, 0.15) is 11.6 Å². The van der Waals surface area contributed by atoms with Crippen LogP contribution >= 0.6 is 0 Å². The van der Waals surface area contributed by atoms with Gasteiger partial charge in [0.15, 0.2) is 0 Å². The van der Waals surface area contributed by atoms with Crippen molar-refractivity contribution in [2.45, 2.75) is 25.4 Å². The van der Waals surface area contributed by atoms with Gasteiger partial charge in [0.2, 0.25) is 5.91 Å². The number of rotatable bonds is 6. The van der Waals surface area contributed by atoms with Crippen molar-refractivity contribution in [1.29, 1.82) is 0 Å². The zero-order valence-electron chi connectivity index (χ0n) is 12.6. The molecule has 1 aliphatic rings. The van der Waals surface area contributed by atoms with E-state index in [9.17, 15) is 13.6 Å². The molecule has 3 nitrogen and oxygen atoms in total. The lowest BCUT2D eigenvalue weighted by molar-refractivity contribution is -0.117. The van der Waals surface area contributed by atoms with Crippen molar-refractivity contribution in [1.82, 2.24) is 4.90 Å². The fraction of sp³-hybridized carbons (Fsp3) is 0.278. The van der Waals surface area contributed by atoms with Crippen molar-refractivity contribution in [3.05, 3.63) is 65.7 Å². The zero-order valence-corrected chi connectivity index (χ0v) is 12.6. The molecule has 0 unspecified atom stereocenters. The number of halogens is 2. The van der Waals surface area contributed by atoms with E-state index in [2.05, 4.69) is 5.32 Å². The molecule has 1 fully saturated rings. The van der Waals surface area contributed by atoms with Gasteiger partial charge in [-0.25, -0.2) is 8.78 Å². The van der Waals surface area contributed by atoms with Crippen LogP contribution in [0.25, 0.3) is 0 Å². The number of nitrogens with one attached hydrogen (secondary N) is 1. The summed E-state index contributed by atoms with van der Waals surface area (Å²) in [6, 6.07) is 12.6. The van der Waals surface area contributed by atoms with Crippen molar-refractivity contribution in [3.63, 3.8) is 0 Å². The average molecular weight is 316 g/mol. The number of carbonyl (C=O) groups is 1. The largest absolute Gasteiger partial charge is 0.325 e. The van der Waals surface area contributed by atoms with Crippen molar-refractivity contribution in [2.75, 3.05) is 11.9 Å². The maximum atomic E-state index is 13.8. The van der Waals surface area contributed by atoms with E-state index in [0.717, 1.165) is 12.8 Å². The quantitative estimate of drug-likeness (QED) is 0.883. The lowest BCUT2D eigenvalue weighted by Gasteiger charge is -2.21. The summed E-state index contributed by atoms with van der Waals surface area (Å²) in [6.45, 7) is 0.602. The predicted molar refractivity (Wildman–Crippen MR) is 84.9 cm³/mol. The Hall–Kier alpha value is -2.27. The van der Waals surface area contributed by atoms with Gasteiger partial charge in [0.05, 0.1) is 6.54 Å². The molecule has 1 amide bonds. The molecule has 1 aliphatic carbocycles. The summed E-state index contributed by atoms with van der Waals surface area (Å²) >= 11 is 0. The van der Waals surface area contributed by atoms with Crippen molar-refractivity contribution >= 4 is 11.6 Å². The molecule has 120 valence electrons. The van der Waals surface area contributed by atoms with Crippen molar-refractivity contribution in [3.8, 4) is 0 Å². The predicted octanol–water partition coefficient (Wildman–Crippen LogP) is 3.57.